The van der Waals surface area contributed by atoms with E-state index < -0.39 is 5.41 Å². The van der Waals surface area contributed by atoms with Gasteiger partial charge in [0.1, 0.15) is 6.07 Å². The van der Waals surface area contributed by atoms with Crippen molar-refractivity contribution >= 4 is 18.3 Å². The molecule has 0 aliphatic heterocycles. The first kappa shape index (κ1) is 23.4. The molecule has 140 valence electrons. The molecule has 0 unspecified atom stereocenters. The van der Waals surface area contributed by atoms with Gasteiger partial charge in [0, 0.05) is 18.4 Å². The van der Waals surface area contributed by atoms with Gasteiger partial charge in [0.05, 0.1) is 11.3 Å². The van der Waals surface area contributed by atoms with Crippen molar-refractivity contribution in [2.75, 3.05) is 20.6 Å². The summed E-state index contributed by atoms with van der Waals surface area (Å²) in [5.41, 5.74) is -0.164. The number of aliphatic imine (C=N–C) groups is 1. The van der Waals surface area contributed by atoms with E-state index in [9.17, 15) is 14.9 Å². The van der Waals surface area contributed by atoms with Crippen LogP contribution in [0, 0.1) is 16.7 Å². The number of allylic oxidation sites excluding steroid dienone is 6. The zero-order valence-corrected chi connectivity index (χ0v) is 16.5. The maximum Gasteiger partial charge on any atom is 0.178 e. The van der Waals surface area contributed by atoms with Crippen molar-refractivity contribution in [2.45, 2.75) is 33.6 Å². The first-order chi connectivity index (χ1) is 12.1. The normalized spacial score (nSPS) is 13.4. The van der Waals surface area contributed by atoms with Crippen molar-refractivity contribution in [2.24, 2.45) is 10.4 Å². The van der Waals surface area contributed by atoms with E-state index in [2.05, 4.69) is 11.7 Å². The summed E-state index contributed by atoms with van der Waals surface area (Å²) in [4.78, 5) is 29.7. The highest BCUT2D eigenvalue weighted by Crippen LogP contribution is 2.20. The van der Waals surface area contributed by atoms with Crippen molar-refractivity contribution in [3.63, 3.8) is 0 Å². The van der Waals surface area contributed by atoms with E-state index in [1.165, 1.54) is 6.08 Å². The van der Waals surface area contributed by atoms with Gasteiger partial charge in [-0.2, -0.15) is 5.26 Å². The van der Waals surface area contributed by atoms with Crippen LogP contribution in [-0.4, -0.2) is 43.8 Å². The van der Waals surface area contributed by atoms with E-state index in [4.69, 9.17) is 0 Å². The molecule has 0 radical (unpaired) electrons. The summed E-state index contributed by atoms with van der Waals surface area (Å²) in [5.74, 6) is -0.168. The van der Waals surface area contributed by atoms with Crippen molar-refractivity contribution in [3.05, 3.63) is 47.7 Å². The summed E-state index contributed by atoms with van der Waals surface area (Å²) in [6, 6.07) is 1.92. The van der Waals surface area contributed by atoms with Gasteiger partial charge in [-0.1, -0.05) is 39.0 Å². The summed E-state index contributed by atoms with van der Waals surface area (Å²) >= 11 is 0. The van der Waals surface area contributed by atoms with Crippen molar-refractivity contribution < 1.29 is 9.59 Å². The molecular weight excluding hydrogens is 326 g/mol. The van der Waals surface area contributed by atoms with E-state index in [0.29, 0.717) is 18.5 Å². The summed E-state index contributed by atoms with van der Waals surface area (Å²) < 4.78 is 0. The van der Waals surface area contributed by atoms with Crippen LogP contribution in [0.25, 0.3) is 0 Å². The summed E-state index contributed by atoms with van der Waals surface area (Å²) in [5, 5.41) is 9.19. The molecule has 0 saturated carbocycles. The van der Waals surface area contributed by atoms with E-state index in [-0.39, 0.29) is 17.1 Å². The standard InChI is InChI=1S/C21H29N3O2/c1-21(2,3)20(26)17(16-22)15-18(23-4)11-8-7-9-12-19(25)13-10-14-24(5)6/h7-8,10-11,13,15H,4,9,12,14H2,1-3,5-6H3/b8-7-,13-10+,17-15+,18-11-. The molecule has 0 heterocycles. The smallest absolute Gasteiger partial charge is 0.178 e. The monoisotopic (exact) mass is 355 g/mol. The van der Waals surface area contributed by atoms with Crippen molar-refractivity contribution in [1.29, 1.82) is 5.26 Å². The molecule has 0 bridgehead atoms. The topological polar surface area (TPSA) is 73.5 Å². The fourth-order valence-electron chi connectivity index (χ4n) is 1.81. The molecule has 0 spiro atoms. The predicted octanol–water partition coefficient (Wildman–Crippen LogP) is 3.66. The van der Waals surface area contributed by atoms with E-state index in [0.717, 1.165) is 6.54 Å². The summed E-state index contributed by atoms with van der Waals surface area (Å²) in [6.07, 6.45) is 11.1. The number of ketones is 2. The molecule has 0 aromatic rings. The number of likely N-dealkylation sites (N-methyl/N-ethyl adjacent to an activating group) is 1. The molecule has 0 aromatic carbocycles. The van der Waals surface area contributed by atoms with Gasteiger partial charge in [0.25, 0.3) is 0 Å². The Bertz CT molecular complexity index is 666. The van der Waals surface area contributed by atoms with Gasteiger partial charge in [-0.3, -0.25) is 14.6 Å². The lowest BCUT2D eigenvalue weighted by Gasteiger charge is -2.15. The lowest BCUT2D eigenvalue weighted by Crippen LogP contribution is -2.21. The first-order valence-electron chi connectivity index (χ1n) is 8.46. The van der Waals surface area contributed by atoms with Crippen molar-refractivity contribution in [1.82, 2.24) is 4.90 Å². The Hall–Kier alpha value is -2.58. The molecule has 0 rings (SSSR count). The summed E-state index contributed by atoms with van der Waals surface area (Å²) in [7, 11) is 3.88. The van der Waals surface area contributed by atoms with Crippen LogP contribution in [0.3, 0.4) is 0 Å². The minimum absolute atomic E-state index is 0.0470. The fourth-order valence-corrected chi connectivity index (χ4v) is 1.81. The second kappa shape index (κ2) is 11.9. The Labute approximate surface area is 157 Å². The highest BCUT2D eigenvalue weighted by atomic mass is 16.1. The molecule has 0 saturated heterocycles. The van der Waals surface area contributed by atoms with E-state index in [1.807, 2.05) is 37.2 Å². The van der Waals surface area contributed by atoms with Crippen LogP contribution in [0.5, 0.6) is 0 Å². The maximum atomic E-state index is 12.2. The third kappa shape index (κ3) is 10.3. The minimum Gasteiger partial charge on any atom is -0.306 e. The molecule has 5 heteroatoms. The second-order valence-electron chi connectivity index (χ2n) is 7.10. The minimum atomic E-state index is -0.635. The number of rotatable bonds is 10. The quantitative estimate of drug-likeness (QED) is 0.259. The number of nitrogens with zero attached hydrogens (tertiary/aromatic N) is 3. The van der Waals surface area contributed by atoms with E-state index >= 15 is 0 Å². The van der Waals surface area contributed by atoms with Gasteiger partial charge < -0.3 is 4.90 Å². The van der Waals surface area contributed by atoms with Crippen LogP contribution in [-0.2, 0) is 9.59 Å². The lowest BCUT2D eigenvalue weighted by atomic mass is 9.86. The van der Waals surface area contributed by atoms with Crippen LogP contribution in [0.2, 0.25) is 0 Å². The molecule has 0 fully saturated rings. The van der Waals surface area contributed by atoms with Gasteiger partial charge in [0.15, 0.2) is 11.6 Å². The largest absolute Gasteiger partial charge is 0.306 e. The highest BCUT2D eigenvalue weighted by molar-refractivity contribution is 6.02. The van der Waals surface area contributed by atoms with Gasteiger partial charge in [0.2, 0.25) is 0 Å². The fraction of sp³-hybridized carbons (Fsp3) is 0.429. The number of carbonyl (C=O) groups excluding carboxylic acids is 2. The molecule has 0 aromatic heterocycles. The molecule has 0 aliphatic carbocycles. The molecular formula is C21H29N3O2. The molecule has 5 nitrogen and oxygen atoms in total. The third-order valence-corrected chi connectivity index (χ3v) is 3.26. The molecule has 26 heavy (non-hydrogen) atoms. The third-order valence-electron chi connectivity index (χ3n) is 3.26. The Morgan fingerprint density at radius 3 is 2.38 bits per heavy atom. The molecule has 0 atom stereocenters. The van der Waals surface area contributed by atoms with Crippen molar-refractivity contribution in [3.8, 4) is 6.07 Å². The molecule has 0 aliphatic rings. The summed E-state index contributed by atoms with van der Waals surface area (Å²) in [6.45, 7) is 9.47. The van der Waals surface area contributed by atoms with Gasteiger partial charge in [-0.15, -0.1) is 0 Å². The number of hydrogen-bond donors (Lipinski definition) is 0. The number of hydrogen-bond acceptors (Lipinski definition) is 5. The van der Waals surface area contributed by atoms with Gasteiger partial charge >= 0.3 is 0 Å². The van der Waals surface area contributed by atoms with Crippen LogP contribution in [0.15, 0.2) is 52.7 Å². The Morgan fingerprint density at radius 1 is 1.23 bits per heavy atom. The number of Topliss-reactive ketones (excluding diaryl/α,β-unsaturated/α-hetero) is 1. The molecule has 0 amide bonds. The van der Waals surface area contributed by atoms with Crippen LogP contribution in [0.1, 0.15) is 33.6 Å². The van der Waals surface area contributed by atoms with Gasteiger partial charge in [-0.25, -0.2) is 0 Å². The van der Waals surface area contributed by atoms with Crippen LogP contribution < -0.4 is 0 Å². The maximum absolute atomic E-state index is 12.2. The first-order valence-corrected chi connectivity index (χ1v) is 8.46. The van der Waals surface area contributed by atoms with Gasteiger partial charge in [-0.05, 0) is 45.5 Å². The number of nitriles is 1. The second-order valence-corrected chi connectivity index (χ2v) is 7.10. The molecule has 0 N–H and O–H groups in total. The van der Waals surface area contributed by atoms with Crippen LogP contribution in [0.4, 0.5) is 0 Å². The Morgan fingerprint density at radius 2 is 1.88 bits per heavy atom. The average molecular weight is 355 g/mol. The zero-order valence-electron chi connectivity index (χ0n) is 16.5. The highest BCUT2D eigenvalue weighted by Gasteiger charge is 2.24. The number of carbonyl (C=O) groups is 2. The van der Waals surface area contributed by atoms with Crippen LogP contribution >= 0.6 is 0 Å². The average Bonchev–Trinajstić information content (AvgIpc) is 2.55. The zero-order chi connectivity index (χ0) is 20.2. The van der Waals surface area contributed by atoms with E-state index in [1.54, 1.807) is 39.0 Å². The lowest BCUT2D eigenvalue weighted by molar-refractivity contribution is -0.122. The predicted molar refractivity (Wildman–Crippen MR) is 107 cm³/mol. The Kier molecular flexibility index (Phi) is 10.7. The Balaban J connectivity index is 4.79. The SMILES string of the molecule is C=NC(=C\C=C/CCC(=O)/C=C/CN(C)C)/C=C(\C#N)C(=O)C(C)(C)C.